The molecule has 0 aliphatic carbocycles. The van der Waals surface area contributed by atoms with Crippen molar-refractivity contribution < 1.29 is 0 Å². The third-order valence-electron chi connectivity index (χ3n) is 19.1. The lowest BCUT2D eigenvalue weighted by atomic mass is 9.33. The highest BCUT2D eigenvalue weighted by molar-refractivity contribution is 7.22. The molecule has 14 aromatic rings. The molecule has 452 valence electrons. The number of hydrogen-bond acceptors (Lipinski definition) is 10. The van der Waals surface area contributed by atoms with Crippen LogP contribution in [0.2, 0.25) is 0 Å². The van der Waals surface area contributed by atoms with Gasteiger partial charge in [-0.2, -0.15) is 0 Å². The zero-order chi connectivity index (χ0) is 63.4. The Kier molecular flexibility index (Phi) is 13.9. The molecule has 8 nitrogen and oxygen atoms in total. The maximum atomic E-state index is 5.13. The van der Waals surface area contributed by atoms with Gasteiger partial charge in [-0.05, 0) is 186 Å². The lowest BCUT2D eigenvalue weighted by molar-refractivity contribution is 0.590. The van der Waals surface area contributed by atoms with Crippen LogP contribution in [0.5, 0.6) is 0 Å². The Morgan fingerprint density at radius 1 is 0.362 bits per heavy atom. The van der Waals surface area contributed by atoms with Gasteiger partial charge in [-0.3, -0.25) is 9.97 Å². The van der Waals surface area contributed by atoms with Crippen molar-refractivity contribution >= 4 is 135 Å². The number of hydrogen-bond donors (Lipinski definition) is 2. The number of pyridine rings is 2. The van der Waals surface area contributed by atoms with Crippen LogP contribution in [-0.4, -0.2) is 33.4 Å². The maximum Gasteiger partial charge on any atom is 0.252 e. The van der Waals surface area contributed by atoms with Crippen LogP contribution in [0.15, 0.2) is 255 Å². The average Bonchev–Trinajstić information content (AvgIpc) is 0.850. The predicted molar refractivity (Wildman–Crippen MR) is 400 cm³/mol. The first-order valence-electron chi connectivity index (χ1n) is 32.5. The van der Waals surface area contributed by atoms with Gasteiger partial charge in [0.05, 0.1) is 31.8 Å². The van der Waals surface area contributed by atoms with E-state index < -0.39 is 0 Å². The number of benzene rings is 10. The number of anilines is 8. The summed E-state index contributed by atoms with van der Waals surface area (Å²) < 4.78 is 2.42. The van der Waals surface area contributed by atoms with Crippen molar-refractivity contribution in [3.05, 3.63) is 277 Å². The van der Waals surface area contributed by atoms with Crippen molar-refractivity contribution in [1.29, 1.82) is 0 Å². The van der Waals surface area contributed by atoms with E-state index in [4.69, 9.17) is 15.0 Å². The minimum atomic E-state index is -0.0576. The maximum absolute atomic E-state index is 5.13. The van der Waals surface area contributed by atoms with E-state index in [0.29, 0.717) is 0 Å². The summed E-state index contributed by atoms with van der Waals surface area (Å²) in [5.41, 5.74) is 31.3. The van der Waals surface area contributed by atoms with Gasteiger partial charge in [-0.25, -0.2) is 9.97 Å². The van der Waals surface area contributed by atoms with Crippen molar-refractivity contribution in [2.45, 2.75) is 65.5 Å². The smallest absolute Gasteiger partial charge is 0.252 e. The van der Waals surface area contributed by atoms with Gasteiger partial charge in [0.1, 0.15) is 10.0 Å². The molecule has 0 unspecified atom stereocenters. The second-order valence-electron chi connectivity index (χ2n) is 27.2. The molecule has 0 fully saturated rings. The largest absolute Gasteiger partial charge is 0.356 e. The lowest BCUT2D eigenvalue weighted by Gasteiger charge is -2.45. The molecule has 2 N–H and O–H groups in total. The number of nitrogens with zero attached hydrogens (tertiary/aromatic N) is 6. The van der Waals surface area contributed by atoms with E-state index in [1.165, 1.54) is 98.6 Å². The zero-order valence-electron chi connectivity index (χ0n) is 53.3. The molecule has 8 heterocycles. The van der Waals surface area contributed by atoms with Crippen LogP contribution in [0.25, 0.3) is 64.1 Å². The van der Waals surface area contributed by atoms with E-state index in [9.17, 15) is 0 Å². The molecule has 18 rings (SSSR count). The zero-order valence-corrected chi connectivity index (χ0v) is 55.0. The van der Waals surface area contributed by atoms with Crippen LogP contribution in [-0.2, 0) is 23.9 Å². The van der Waals surface area contributed by atoms with Crippen molar-refractivity contribution in [1.82, 2.24) is 19.9 Å². The highest BCUT2D eigenvalue weighted by Gasteiger charge is 2.44. The van der Waals surface area contributed by atoms with Gasteiger partial charge in [0.15, 0.2) is 0 Å². The van der Waals surface area contributed by atoms with E-state index in [0.717, 1.165) is 79.2 Å². The first-order valence-corrected chi connectivity index (χ1v) is 34.1. The number of para-hydroxylation sites is 2. The van der Waals surface area contributed by atoms with E-state index in [1.807, 2.05) is 30.6 Å². The lowest BCUT2D eigenvalue weighted by Crippen LogP contribution is -2.62. The summed E-state index contributed by atoms with van der Waals surface area (Å²) in [4.78, 5) is 24.7. The molecule has 4 aliphatic rings. The third-order valence-corrected chi connectivity index (χ3v) is 21.3. The van der Waals surface area contributed by atoms with Gasteiger partial charge in [0.25, 0.3) is 13.4 Å². The molecule has 0 saturated heterocycles. The standard InChI is InChI=1S/C48H39BN4S.C34H27BN4S/c1-48(2,3)36-28-43-46-44(29-36)53(31-33-16-8-5-9-17-33)42-24-22-35(47-51-40-19-10-11-20-45(40)54-47)27-38(42)49(46)37-26-34(39-18-12-13-25-50-39)21-23-41(37)52(43)30-32-14-6-4-7-15-32;1-34(2,3)22-18-29-32-30(19-22)38-27-14-12-21(33-39-28-9-4-5-10-31(28)40-33)17-24(27)35(32)23-16-20(11-13-26(23)37-29)25-8-6-7-15-36-25/h4-29H,30-31H2,1-3H3;4-19,37-38H,1-3H3. The van der Waals surface area contributed by atoms with Gasteiger partial charge >= 0.3 is 0 Å². The molecule has 0 saturated carbocycles. The van der Waals surface area contributed by atoms with Gasteiger partial charge in [0, 0.05) is 82.1 Å². The summed E-state index contributed by atoms with van der Waals surface area (Å²) in [5, 5.41) is 9.70. The first kappa shape index (κ1) is 57.5. The highest BCUT2D eigenvalue weighted by Crippen LogP contribution is 2.45. The second kappa shape index (κ2) is 22.7. The summed E-state index contributed by atoms with van der Waals surface area (Å²) >= 11 is 3.52. The molecular formula is C82H66B2N8S2. The second-order valence-corrected chi connectivity index (χ2v) is 29.3. The monoisotopic (exact) mass is 1250 g/mol. The molecule has 0 bridgehead atoms. The normalized spacial score (nSPS) is 13.2. The molecule has 4 aromatic heterocycles. The van der Waals surface area contributed by atoms with Crippen LogP contribution >= 0.6 is 22.7 Å². The molecule has 94 heavy (non-hydrogen) atoms. The molecule has 0 amide bonds. The van der Waals surface area contributed by atoms with Gasteiger partial charge < -0.3 is 20.4 Å². The molecule has 0 atom stereocenters. The number of rotatable bonds is 8. The van der Waals surface area contributed by atoms with Crippen molar-refractivity contribution in [3.63, 3.8) is 0 Å². The minimum Gasteiger partial charge on any atom is -0.356 e. The Morgan fingerprint density at radius 3 is 1.24 bits per heavy atom. The Morgan fingerprint density at radius 2 is 0.766 bits per heavy atom. The van der Waals surface area contributed by atoms with E-state index >= 15 is 0 Å². The molecule has 10 aromatic carbocycles. The van der Waals surface area contributed by atoms with Crippen molar-refractivity contribution in [2.24, 2.45) is 0 Å². The topological polar surface area (TPSA) is 82.1 Å². The number of nitrogens with one attached hydrogen (secondary N) is 2. The Bertz CT molecular complexity index is 5170. The summed E-state index contributed by atoms with van der Waals surface area (Å²) in [6.45, 7) is 15.4. The number of aromatic nitrogens is 4. The Balaban J connectivity index is 0.000000149. The quantitative estimate of drug-likeness (QED) is 0.146. The Labute approximate surface area is 557 Å². The van der Waals surface area contributed by atoms with Crippen LogP contribution in [0, 0.1) is 0 Å². The van der Waals surface area contributed by atoms with Gasteiger partial charge in [0.2, 0.25) is 0 Å². The summed E-state index contributed by atoms with van der Waals surface area (Å²) in [5.74, 6) is 0. The average molecular weight is 1250 g/mol. The van der Waals surface area contributed by atoms with Gasteiger partial charge in [-0.1, -0.05) is 175 Å². The Hall–Kier alpha value is -10.4. The molecule has 4 aliphatic heterocycles. The van der Waals surface area contributed by atoms with Crippen molar-refractivity contribution in [2.75, 3.05) is 20.4 Å². The SMILES string of the molecule is CC(C)(C)c1cc2c3c(c1)N(Cc1ccccc1)c1ccc(-c4nc5ccccc5s4)cc1B3c1cc(-c3ccccn3)ccc1N2Cc1ccccc1.CC(C)(C)c1cc2c3c(c1)Nc1ccc(-c4nc5ccccc5s4)cc1B3c1cc(-c3ccccn3)ccc1N2. The van der Waals surface area contributed by atoms with Crippen LogP contribution in [0.3, 0.4) is 0 Å². The highest BCUT2D eigenvalue weighted by atomic mass is 32.1. The van der Waals surface area contributed by atoms with Crippen LogP contribution in [0.4, 0.5) is 45.5 Å². The van der Waals surface area contributed by atoms with E-state index in [-0.39, 0.29) is 24.3 Å². The molecule has 0 spiro atoms. The third kappa shape index (κ3) is 10.2. The van der Waals surface area contributed by atoms with E-state index in [2.05, 4.69) is 291 Å². The minimum absolute atomic E-state index is 0.00561. The fraction of sp³-hybridized carbons (Fsp3) is 0.122. The van der Waals surface area contributed by atoms with Crippen LogP contribution < -0.4 is 53.2 Å². The number of fused-ring (bicyclic) bond motifs is 10. The summed E-state index contributed by atoms with van der Waals surface area (Å²) in [6, 6.07) is 88.1. The molecular weight excluding hydrogens is 1180 g/mol. The van der Waals surface area contributed by atoms with E-state index in [1.54, 1.807) is 22.7 Å². The fourth-order valence-electron chi connectivity index (χ4n) is 14.3. The summed E-state index contributed by atoms with van der Waals surface area (Å²) in [7, 11) is 0. The first-order chi connectivity index (χ1) is 45.8. The number of thiazole rings is 2. The van der Waals surface area contributed by atoms with Crippen molar-refractivity contribution in [3.8, 4) is 43.7 Å². The predicted octanol–water partition coefficient (Wildman–Crippen LogP) is 17.1. The molecule has 0 radical (unpaired) electrons. The molecule has 12 heteroatoms. The summed E-state index contributed by atoms with van der Waals surface area (Å²) in [6.07, 6.45) is 3.75. The van der Waals surface area contributed by atoms with Gasteiger partial charge in [-0.15, -0.1) is 22.7 Å². The van der Waals surface area contributed by atoms with Crippen LogP contribution in [0.1, 0.15) is 63.8 Å². The fourth-order valence-corrected chi connectivity index (χ4v) is 16.2.